The van der Waals surface area contributed by atoms with Crippen LogP contribution in [0.1, 0.15) is 56.9 Å². The second kappa shape index (κ2) is 6.42. The predicted octanol–water partition coefficient (Wildman–Crippen LogP) is 4.36. The smallest absolute Gasteiger partial charge is 0.0448 e. The Morgan fingerprint density at radius 2 is 1.75 bits per heavy atom. The van der Waals surface area contributed by atoms with E-state index in [-0.39, 0.29) is 11.0 Å². The maximum absolute atomic E-state index is 4.68. The molecule has 1 aliphatic heterocycles. The van der Waals surface area contributed by atoms with Gasteiger partial charge in [-0.05, 0) is 43.0 Å². The molecule has 2 unspecified atom stereocenters. The fourth-order valence-electron chi connectivity index (χ4n) is 3.15. The lowest BCUT2D eigenvalue weighted by Gasteiger charge is -2.39. The molecule has 0 bridgehead atoms. The van der Waals surface area contributed by atoms with Crippen LogP contribution in [0.4, 0.5) is 0 Å². The van der Waals surface area contributed by atoms with Crippen LogP contribution < -0.4 is 5.32 Å². The first-order valence-electron chi connectivity index (χ1n) is 8.65. The monoisotopic (exact) mass is 318 g/mol. The number of rotatable bonds is 1. The van der Waals surface area contributed by atoms with Crippen molar-refractivity contribution < 1.29 is 0 Å². The minimum Gasteiger partial charge on any atom is -0.310 e. The Labute approximate surface area is 145 Å². The molecule has 124 valence electrons. The fourth-order valence-corrected chi connectivity index (χ4v) is 3.15. The van der Waals surface area contributed by atoms with Gasteiger partial charge in [0.2, 0.25) is 0 Å². The van der Waals surface area contributed by atoms with Gasteiger partial charge in [-0.3, -0.25) is 4.98 Å². The van der Waals surface area contributed by atoms with Gasteiger partial charge in [-0.2, -0.15) is 0 Å². The summed E-state index contributed by atoms with van der Waals surface area (Å²) < 4.78 is 0. The third-order valence-corrected chi connectivity index (χ3v) is 5.38. The van der Waals surface area contributed by atoms with E-state index in [9.17, 15) is 0 Å². The number of nitrogens with zero attached hydrogens (tertiary/aromatic N) is 1. The summed E-state index contributed by atoms with van der Waals surface area (Å²) in [5.74, 6) is 6.85. The number of hydrogen-bond acceptors (Lipinski definition) is 2. The minimum absolute atomic E-state index is 0.158. The molecule has 3 rings (SSSR count). The largest absolute Gasteiger partial charge is 0.310 e. The highest BCUT2D eigenvalue weighted by molar-refractivity contribution is 5.42. The van der Waals surface area contributed by atoms with Crippen molar-refractivity contribution in [3.8, 4) is 11.8 Å². The van der Waals surface area contributed by atoms with E-state index in [1.165, 1.54) is 5.69 Å². The van der Waals surface area contributed by atoms with Crippen LogP contribution in [0.25, 0.3) is 0 Å². The molecule has 2 atom stereocenters. The molecule has 2 aromatic rings. The summed E-state index contributed by atoms with van der Waals surface area (Å²) in [6, 6.07) is 14.3. The van der Waals surface area contributed by atoms with Gasteiger partial charge in [-0.1, -0.05) is 50.8 Å². The molecule has 2 heteroatoms. The molecule has 0 radical (unpaired) electrons. The minimum atomic E-state index is 0.158. The van der Waals surface area contributed by atoms with Crippen LogP contribution >= 0.6 is 0 Å². The highest BCUT2D eigenvalue weighted by Gasteiger charge is 2.44. The number of pyridine rings is 1. The maximum atomic E-state index is 4.68. The van der Waals surface area contributed by atoms with Crippen LogP contribution in [0.15, 0.2) is 48.7 Å². The molecule has 24 heavy (non-hydrogen) atoms. The second-order valence-corrected chi connectivity index (χ2v) is 7.95. The van der Waals surface area contributed by atoms with E-state index in [1.807, 2.05) is 36.5 Å². The lowest BCUT2D eigenvalue weighted by atomic mass is 9.72. The molecule has 2 heterocycles. The Kier molecular flexibility index (Phi) is 4.47. The summed E-state index contributed by atoms with van der Waals surface area (Å²) in [6.07, 6.45) is 3.02. The Morgan fingerprint density at radius 1 is 1.04 bits per heavy atom. The van der Waals surface area contributed by atoms with E-state index in [2.05, 4.69) is 62.0 Å². The molecule has 1 aromatic carbocycles. The summed E-state index contributed by atoms with van der Waals surface area (Å²) >= 11 is 0. The normalized spacial score (nSPS) is 23.6. The molecule has 0 saturated carbocycles. The van der Waals surface area contributed by atoms with Crippen LogP contribution in [-0.2, 0) is 0 Å². The van der Waals surface area contributed by atoms with Crippen molar-refractivity contribution in [2.75, 3.05) is 6.54 Å². The molecule has 1 aliphatic rings. The van der Waals surface area contributed by atoms with Crippen molar-refractivity contribution in [1.82, 2.24) is 10.3 Å². The highest BCUT2D eigenvalue weighted by atomic mass is 15.0. The number of nitrogens with one attached hydrogen (secondary N) is 1. The predicted molar refractivity (Wildman–Crippen MR) is 99.9 cm³/mol. The van der Waals surface area contributed by atoms with Gasteiger partial charge >= 0.3 is 0 Å². The van der Waals surface area contributed by atoms with Crippen LogP contribution in [0, 0.1) is 17.3 Å². The van der Waals surface area contributed by atoms with Crippen molar-refractivity contribution in [1.29, 1.82) is 0 Å². The molecule has 2 nitrogen and oxygen atoms in total. The first-order chi connectivity index (χ1) is 11.4. The van der Waals surface area contributed by atoms with E-state index >= 15 is 0 Å². The zero-order valence-electron chi connectivity index (χ0n) is 15.1. The average Bonchev–Trinajstić information content (AvgIpc) is 2.98. The van der Waals surface area contributed by atoms with E-state index in [0.717, 1.165) is 24.1 Å². The summed E-state index contributed by atoms with van der Waals surface area (Å²) in [7, 11) is 0. The van der Waals surface area contributed by atoms with Crippen molar-refractivity contribution in [3.63, 3.8) is 0 Å². The van der Waals surface area contributed by atoms with Crippen molar-refractivity contribution in [2.45, 2.75) is 45.6 Å². The van der Waals surface area contributed by atoms with Gasteiger partial charge in [0.1, 0.15) is 0 Å². The first kappa shape index (κ1) is 16.7. The van der Waals surface area contributed by atoms with Crippen molar-refractivity contribution in [2.24, 2.45) is 5.41 Å². The molecule has 1 saturated heterocycles. The zero-order valence-corrected chi connectivity index (χ0v) is 15.1. The fraction of sp³-hybridized carbons (Fsp3) is 0.409. The second-order valence-electron chi connectivity index (χ2n) is 7.95. The van der Waals surface area contributed by atoms with Crippen LogP contribution in [0.2, 0.25) is 0 Å². The zero-order chi connectivity index (χ0) is 17.2. The van der Waals surface area contributed by atoms with Crippen molar-refractivity contribution in [3.05, 3.63) is 65.5 Å². The van der Waals surface area contributed by atoms with Crippen LogP contribution in [-0.4, -0.2) is 17.1 Å². The highest BCUT2D eigenvalue weighted by Crippen LogP contribution is 2.41. The van der Waals surface area contributed by atoms with Gasteiger partial charge in [0.25, 0.3) is 0 Å². The summed E-state index contributed by atoms with van der Waals surface area (Å²) in [5.41, 5.74) is 3.56. The summed E-state index contributed by atoms with van der Waals surface area (Å²) in [5, 5.41) is 3.71. The number of aromatic nitrogens is 1. The van der Waals surface area contributed by atoms with Crippen LogP contribution in [0.5, 0.6) is 0 Å². The maximum Gasteiger partial charge on any atom is 0.0448 e. The lowest BCUT2D eigenvalue weighted by Crippen LogP contribution is -2.47. The third kappa shape index (κ3) is 3.52. The quantitative estimate of drug-likeness (QED) is 0.790. The first-order valence-corrected chi connectivity index (χ1v) is 8.65. The molecular formula is C22H26N2. The molecule has 1 N–H and O–H groups in total. The van der Waals surface area contributed by atoms with Gasteiger partial charge in [0.05, 0.1) is 0 Å². The van der Waals surface area contributed by atoms with Crippen molar-refractivity contribution >= 4 is 0 Å². The molecule has 1 fully saturated rings. The molecular weight excluding hydrogens is 292 g/mol. The van der Waals surface area contributed by atoms with Crippen LogP contribution in [0.3, 0.4) is 0 Å². The molecule has 1 aromatic heterocycles. The lowest BCUT2D eigenvalue weighted by molar-refractivity contribution is 0.180. The van der Waals surface area contributed by atoms with Gasteiger partial charge in [0, 0.05) is 41.0 Å². The Bertz CT molecular complexity index is 745. The topological polar surface area (TPSA) is 24.9 Å². The third-order valence-electron chi connectivity index (χ3n) is 5.38. The van der Waals surface area contributed by atoms with E-state index in [4.69, 9.17) is 0 Å². The van der Waals surface area contributed by atoms with Gasteiger partial charge in [0.15, 0.2) is 0 Å². The molecule has 0 spiro atoms. The Morgan fingerprint density at radius 3 is 2.33 bits per heavy atom. The SMILES string of the molecule is CC(C)(C)C1(C)CC(c2ccc(C#Cc3ccccc3)cn2)CN1. The number of hydrogen-bond donors (Lipinski definition) is 1. The van der Waals surface area contributed by atoms with Gasteiger partial charge in [-0.25, -0.2) is 0 Å². The Balaban J connectivity index is 1.71. The molecule has 0 aliphatic carbocycles. The summed E-state index contributed by atoms with van der Waals surface area (Å²) in [4.78, 5) is 4.68. The number of benzene rings is 1. The van der Waals surface area contributed by atoms with Gasteiger partial charge in [-0.15, -0.1) is 0 Å². The standard InChI is InChI=1S/C22H26N2/c1-21(2,3)22(4)14-19(16-24-22)20-13-12-18(15-23-20)11-10-17-8-6-5-7-9-17/h5-9,12-13,15,19,24H,14,16H2,1-4H3. The van der Waals surface area contributed by atoms with E-state index in [0.29, 0.717) is 5.92 Å². The molecule has 0 amide bonds. The Hall–Kier alpha value is -2.11. The summed E-state index contributed by atoms with van der Waals surface area (Å²) in [6.45, 7) is 10.2. The van der Waals surface area contributed by atoms with E-state index in [1.54, 1.807) is 0 Å². The van der Waals surface area contributed by atoms with Gasteiger partial charge < -0.3 is 5.32 Å². The average molecular weight is 318 g/mol. The van der Waals surface area contributed by atoms with E-state index < -0.39 is 0 Å².